The number of carboxylic acid groups (broad SMARTS) is 2. The summed E-state index contributed by atoms with van der Waals surface area (Å²) in [5.74, 6) is -1.31. The molecule has 0 amide bonds. The Kier molecular flexibility index (Phi) is 7.76. The van der Waals surface area contributed by atoms with Crippen molar-refractivity contribution in [3.63, 3.8) is 0 Å². The van der Waals surface area contributed by atoms with Crippen LogP contribution in [0.3, 0.4) is 0 Å². The number of carbonyl (C=O) groups is 2. The highest BCUT2D eigenvalue weighted by Gasteiger charge is 2.23. The molecule has 1 rings (SSSR count). The Hall–Kier alpha value is -1.58. The summed E-state index contributed by atoms with van der Waals surface area (Å²) in [6.45, 7) is 6.74. The van der Waals surface area contributed by atoms with Crippen LogP contribution in [0.5, 0.6) is 0 Å². The largest absolute Gasteiger partial charge is 0.478 e. The van der Waals surface area contributed by atoms with Crippen molar-refractivity contribution in [3.05, 3.63) is 23.8 Å². The first-order chi connectivity index (χ1) is 8.40. The van der Waals surface area contributed by atoms with Crippen LogP contribution in [0.4, 0.5) is 0 Å². The monoisotopic (exact) mass is 254 g/mol. The molecule has 4 heteroatoms. The fourth-order valence-electron chi connectivity index (χ4n) is 1.77. The van der Waals surface area contributed by atoms with Crippen LogP contribution >= 0.6 is 0 Å². The maximum Gasteiger partial charge on any atom is 0.331 e. The minimum Gasteiger partial charge on any atom is -0.478 e. The molecule has 0 radical (unpaired) electrons. The second kappa shape index (κ2) is 8.50. The molecular weight excluding hydrogens is 232 g/mol. The van der Waals surface area contributed by atoms with Crippen molar-refractivity contribution < 1.29 is 19.8 Å². The van der Waals surface area contributed by atoms with Crippen molar-refractivity contribution in [2.45, 2.75) is 46.0 Å². The first kappa shape index (κ1) is 16.4. The lowest BCUT2D eigenvalue weighted by molar-refractivity contribution is -0.133. The maximum absolute atomic E-state index is 10.7. The lowest BCUT2D eigenvalue weighted by Crippen LogP contribution is -2.08. The number of hydrogen-bond donors (Lipinski definition) is 2. The summed E-state index contributed by atoms with van der Waals surface area (Å²) in [5.41, 5.74) is 0.832. The van der Waals surface area contributed by atoms with Gasteiger partial charge in [-0.25, -0.2) is 9.59 Å². The lowest BCUT2D eigenvalue weighted by Gasteiger charge is -2.10. The van der Waals surface area contributed by atoms with Crippen LogP contribution in [-0.4, -0.2) is 22.2 Å². The molecule has 0 heterocycles. The van der Waals surface area contributed by atoms with Gasteiger partial charge in [-0.15, -0.1) is 0 Å². The van der Waals surface area contributed by atoms with Crippen molar-refractivity contribution >= 4 is 11.9 Å². The quantitative estimate of drug-likeness (QED) is 0.738. The van der Waals surface area contributed by atoms with Gasteiger partial charge in [-0.1, -0.05) is 32.4 Å². The maximum atomic E-state index is 10.7. The Morgan fingerprint density at radius 1 is 1.44 bits per heavy atom. The van der Waals surface area contributed by atoms with E-state index >= 15 is 0 Å². The van der Waals surface area contributed by atoms with Gasteiger partial charge in [-0.3, -0.25) is 0 Å². The highest BCUT2D eigenvalue weighted by atomic mass is 16.4. The highest BCUT2D eigenvalue weighted by Crippen LogP contribution is 2.29. The predicted molar refractivity (Wildman–Crippen MR) is 70.4 cm³/mol. The average molecular weight is 254 g/mol. The minimum atomic E-state index is -0.935. The van der Waals surface area contributed by atoms with Crippen LogP contribution in [0.2, 0.25) is 0 Å². The third-order valence-corrected chi connectivity index (χ3v) is 2.84. The Labute approximate surface area is 108 Å². The van der Waals surface area contributed by atoms with E-state index in [0.717, 1.165) is 32.1 Å². The molecule has 4 nitrogen and oxygen atoms in total. The number of aliphatic carboxylic acids is 2. The molecule has 2 N–H and O–H groups in total. The number of rotatable bonds is 5. The van der Waals surface area contributed by atoms with Gasteiger partial charge in [0.05, 0.1) is 0 Å². The third kappa shape index (κ3) is 6.23. The van der Waals surface area contributed by atoms with Crippen LogP contribution in [-0.2, 0) is 9.59 Å². The Morgan fingerprint density at radius 2 is 2.00 bits per heavy atom. The zero-order valence-electron chi connectivity index (χ0n) is 11.1. The molecule has 1 atom stereocenters. The van der Waals surface area contributed by atoms with Crippen molar-refractivity contribution in [2.75, 3.05) is 0 Å². The molecule has 0 saturated carbocycles. The SMILES string of the molecule is C=C(C)C(=O)O.CCCCC1CCC=C1C(=O)O. The van der Waals surface area contributed by atoms with Crippen LogP contribution in [0, 0.1) is 5.92 Å². The summed E-state index contributed by atoms with van der Waals surface area (Å²) in [4.78, 5) is 20.3. The summed E-state index contributed by atoms with van der Waals surface area (Å²) in [7, 11) is 0. The summed E-state index contributed by atoms with van der Waals surface area (Å²) < 4.78 is 0. The molecule has 0 aromatic rings. The van der Waals surface area contributed by atoms with E-state index in [9.17, 15) is 9.59 Å². The Morgan fingerprint density at radius 3 is 2.39 bits per heavy atom. The van der Waals surface area contributed by atoms with Gasteiger partial charge in [0.15, 0.2) is 0 Å². The van der Waals surface area contributed by atoms with E-state index in [1.165, 1.54) is 6.92 Å². The summed E-state index contributed by atoms with van der Waals surface area (Å²) in [6, 6.07) is 0. The number of hydrogen-bond acceptors (Lipinski definition) is 2. The van der Waals surface area contributed by atoms with Crippen molar-refractivity contribution in [2.24, 2.45) is 5.92 Å². The predicted octanol–water partition coefficient (Wildman–Crippen LogP) is 3.24. The molecule has 0 fully saturated rings. The topological polar surface area (TPSA) is 74.6 Å². The van der Waals surface area contributed by atoms with E-state index in [2.05, 4.69) is 13.5 Å². The van der Waals surface area contributed by atoms with E-state index in [-0.39, 0.29) is 5.57 Å². The van der Waals surface area contributed by atoms with Gasteiger partial charge in [0.25, 0.3) is 0 Å². The standard InChI is InChI=1S/C10H16O2.C4H6O2/c1-2-3-5-8-6-4-7-9(8)10(11)12;1-3(2)4(5)6/h7-8H,2-6H2,1H3,(H,11,12);1H2,2H3,(H,5,6). The van der Waals surface area contributed by atoms with Crippen LogP contribution in [0.25, 0.3) is 0 Å². The fourth-order valence-corrected chi connectivity index (χ4v) is 1.77. The summed E-state index contributed by atoms with van der Waals surface area (Å²) in [5, 5.41) is 16.7. The first-order valence-corrected chi connectivity index (χ1v) is 6.22. The van der Waals surface area contributed by atoms with E-state index in [1.807, 2.05) is 6.08 Å². The van der Waals surface area contributed by atoms with Gasteiger partial charge < -0.3 is 10.2 Å². The van der Waals surface area contributed by atoms with E-state index in [1.54, 1.807) is 0 Å². The van der Waals surface area contributed by atoms with Gasteiger partial charge >= 0.3 is 11.9 Å². The molecule has 1 aliphatic rings. The summed E-state index contributed by atoms with van der Waals surface area (Å²) >= 11 is 0. The number of carboxylic acids is 2. The third-order valence-electron chi connectivity index (χ3n) is 2.84. The van der Waals surface area contributed by atoms with Crippen molar-refractivity contribution in [1.29, 1.82) is 0 Å². The Bertz CT molecular complexity index is 330. The zero-order chi connectivity index (χ0) is 14.1. The molecule has 1 unspecified atom stereocenters. The van der Waals surface area contributed by atoms with E-state index < -0.39 is 11.9 Å². The molecule has 102 valence electrons. The Balaban J connectivity index is 0.000000411. The summed E-state index contributed by atoms with van der Waals surface area (Å²) in [6.07, 6.45) is 7.23. The van der Waals surface area contributed by atoms with Crippen LogP contribution in [0.15, 0.2) is 23.8 Å². The second-order valence-corrected chi connectivity index (χ2v) is 4.47. The molecular formula is C14H22O4. The lowest BCUT2D eigenvalue weighted by atomic mass is 9.95. The van der Waals surface area contributed by atoms with Gasteiger partial charge in [0, 0.05) is 11.1 Å². The van der Waals surface area contributed by atoms with Gasteiger partial charge in [0.1, 0.15) is 0 Å². The molecule has 0 saturated heterocycles. The normalized spacial score (nSPS) is 17.4. The second-order valence-electron chi connectivity index (χ2n) is 4.47. The zero-order valence-corrected chi connectivity index (χ0v) is 11.1. The molecule has 0 aromatic heterocycles. The van der Waals surface area contributed by atoms with Gasteiger partial charge in [0.2, 0.25) is 0 Å². The molecule has 1 aliphatic carbocycles. The van der Waals surface area contributed by atoms with Crippen molar-refractivity contribution in [3.8, 4) is 0 Å². The van der Waals surface area contributed by atoms with Crippen LogP contribution in [0.1, 0.15) is 46.0 Å². The molecule has 18 heavy (non-hydrogen) atoms. The minimum absolute atomic E-state index is 0.176. The molecule has 0 spiro atoms. The molecule has 0 aromatic carbocycles. The average Bonchev–Trinajstić information content (AvgIpc) is 2.75. The van der Waals surface area contributed by atoms with E-state index in [4.69, 9.17) is 10.2 Å². The van der Waals surface area contributed by atoms with Gasteiger partial charge in [-0.05, 0) is 32.1 Å². The van der Waals surface area contributed by atoms with Crippen LogP contribution < -0.4 is 0 Å². The van der Waals surface area contributed by atoms with Gasteiger partial charge in [-0.2, -0.15) is 0 Å². The number of allylic oxidation sites excluding steroid dienone is 1. The number of unbranched alkanes of at least 4 members (excludes halogenated alkanes) is 1. The van der Waals surface area contributed by atoms with Crippen molar-refractivity contribution in [1.82, 2.24) is 0 Å². The first-order valence-electron chi connectivity index (χ1n) is 6.22. The smallest absolute Gasteiger partial charge is 0.331 e. The van der Waals surface area contributed by atoms with E-state index in [0.29, 0.717) is 11.5 Å². The molecule has 0 aliphatic heterocycles. The molecule has 0 bridgehead atoms. The fraction of sp³-hybridized carbons (Fsp3) is 0.571. The highest BCUT2D eigenvalue weighted by molar-refractivity contribution is 5.87.